The number of carbonyl (C=O) groups excluding carboxylic acids is 2. The van der Waals surface area contributed by atoms with Crippen molar-refractivity contribution in [3.63, 3.8) is 0 Å². The largest absolute Gasteiger partial charge is 0.494 e. The fourth-order valence-electron chi connectivity index (χ4n) is 3.64. The van der Waals surface area contributed by atoms with Crippen molar-refractivity contribution in [1.29, 1.82) is 0 Å². The maximum absolute atomic E-state index is 12.8. The third kappa shape index (κ3) is 5.55. The molecule has 3 aromatic carbocycles. The Kier molecular flexibility index (Phi) is 7.65. The quantitative estimate of drug-likeness (QED) is 0.331. The molecule has 1 N–H and O–H groups in total. The van der Waals surface area contributed by atoms with Crippen molar-refractivity contribution in [2.75, 3.05) is 19.0 Å². The first-order chi connectivity index (χ1) is 17.5. The van der Waals surface area contributed by atoms with E-state index in [1.807, 2.05) is 60.7 Å². The van der Waals surface area contributed by atoms with Gasteiger partial charge < -0.3 is 19.5 Å². The van der Waals surface area contributed by atoms with Gasteiger partial charge in [-0.05, 0) is 56.3 Å². The molecular weight excluding hydrogens is 458 g/mol. The molecule has 36 heavy (non-hydrogen) atoms. The van der Waals surface area contributed by atoms with E-state index in [-0.39, 0.29) is 18.2 Å². The summed E-state index contributed by atoms with van der Waals surface area (Å²) in [5, 5.41) is 7.40. The standard InChI is InChI=1S/C28H27N3O5/c1-4-35-28(33)23-18-25(31(30-23)24-15-8-9-16-26(24)34-3)20-11-10-12-21(17-20)29-27(32)19(2)36-22-13-6-5-7-14-22/h5-19H,4H2,1-3H3,(H,29,32)/t19-/m0/s1. The van der Waals surface area contributed by atoms with Gasteiger partial charge in [0.2, 0.25) is 0 Å². The van der Waals surface area contributed by atoms with E-state index < -0.39 is 12.1 Å². The summed E-state index contributed by atoms with van der Waals surface area (Å²) >= 11 is 0. The number of hydrogen-bond donors (Lipinski definition) is 1. The van der Waals surface area contributed by atoms with Crippen molar-refractivity contribution in [2.45, 2.75) is 20.0 Å². The number of esters is 1. The van der Waals surface area contributed by atoms with Crippen LogP contribution in [0.4, 0.5) is 5.69 Å². The third-order valence-corrected chi connectivity index (χ3v) is 5.36. The minimum absolute atomic E-state index is 0.164. The molecule has 1 amide bonds. The fraction of sp³-hybridized carbons (Fsp3) is 0.179. The number of nitrogens with one attached hydrogen (secondary N) is 1. The lowest BCUT2D eigenvalue weighted by Gasteiger charge is -2.15. The lowest BCUT2D eigenvalue weighted by Crippen LogP contribution is -2.30. The lowest BCUT2D eigenvalue weighted by atomic mass is 10.1. The molecule has 0 radical (unpaired) electrons. The lowest BCUT2D eigenvalue weighted by molar-refractivity contribution is -0.122. The van der Waals surface area contributed by atoms with Crippen molar-refractivity contribution in [2.24, 2.45) is 0 Å². The molecule has 8 heteroatoms. The summed E-state index contributed by atoms with van der Waals surface area (Å²) in [5.74, 6) is 0.389. The average molecular weight is 486 g/mol. The average Bonchev–Trinajstić information content (AvgIpc) is 3.35. The van der Waals surface area contributed by atoms with Gasteiger partial charge in [0.05, 0.1) is 19.4 Å². The van der Waals surface area contributed by atoms with Gasteiger partial charge in [0.1, 0.15) is 17.2 Å². The van der Waals surface area contributed by atoms with Gasteiger partial charge in [0.25, 0.3) is 5.91 Å². The van der Waals surface area contributed by atoms with E-state index in [1.54, 1.807) is 49.9 Å². The van der Waals surface area contributed by atoms with Gasteiger partial charge in [-0.15, -0.1) is 0 Å². The zero-order chi connectivity index (χ0) is 25.5. The van der Waals surface area contributed by atoms with E-state index in [9.17, 15) is 9.59 Å². The number of aromatic nitrogens is 2. The van der Waals surface area contributed by atoms with Crippen LogP contribution in [0.5, 0.6) is 11.5 Å². The predicted octanol–water partition coefficient (Wildman–Crippen LogP) is 5.13. The number of hydrogen-bond acceptors (Lipinski definition) is 6. The third-order valence-electron chi connectivity index (χ3n) is 5.36. The highest BCUT2D eigenvalue weighted by Crippen LogP contribution is 2.30. The van der Waals surface area contributed by atoms with Crippen LogP contribution in [0.2, 0.25) is 0 Å². The van der Waals surface area contributed by atoms with Gasteiger partial charge >= 0.3 is 5.97 Å². The van der Waals surface area contributed by atoms with Crippen molar-refractivity contribution in [3.05, 3.63) is 90.6 Å². The van der Waals surface area contributed by atoms with Crippen molar-refractivity contribution < 1.29 is 23.8 Å². The van der Waals surface area contributed by atoms with Gasteiger partial charge in [0, 0.05) is 11.3 Å². The van der Waals surface area contributed by atoms with E-state index in [1.165, 1.54) is 0 Å². The summed E-state index contributed by atoms with van der Waals surface area (Å²) in [6, 6.07) is 25.5. The first kappa shape index (κ1) is 24.5. The van der Waals surface area contributed by atoms with E-state index in [2.05, 4.69) is 10.4 Å². The predicted molar refractivity (Wildman–Crippen MR) is 137 cm³/mol. The summed E-state index contributed by atoms with van der Waals surface area (Å²) < 4.78 is 18.0. The van der Waals surface area contributed by atoms with Crippen LogP contribution in [0, 0.1) is 0 Å². The second kappa shape index (κ2) is 11.2. The monoisotopic (exact) mass is 485 g/mol. The molecule has 0 saturated heterocycles. The van der Waals surface area contributed by atoms with Gasteiger partial charge in [-0.25, -0.2) is 9.48 Å². The SMILES string of the molecule is CCOC(=O)c1cc(-c2cccc(NC(=O)[C@H](C)Oc3ccccc3)c2)n(-c2ccccc2OC)n1. The zero-order valence-corrected chi connectivity index (χ0v) is 20.3. The fourth-order valence-corrected chi connectivity index (χ4v) is 3.64. The Morgan fingerprint density at radius 3 is 2.47 bits per heavy atom. The molecule has 4 rings (SSSR count). The molecule has 0 aliphatic rings. The van der Waals surface area contributed by atoms with Crippen LogP contribution in [0.3, 0.4) is 0 Å². The van der Waals surface area contributed by atoms with E-state index in [0.29, 0.717) is 28.6 Å². The Bertz CT molecular complexity index is 1350. The van der Waals surface area contributed by atoms with Gasteiger partial charge in [0.15, 0.2) is 11.8 Å². The van der Waals surface area contributed by atoms with Crippen LogP contribution < -0.4 is 14.8 Å². The molecule has 0 aliphatic heterocycles. The normalized spacial score (nSPS) is 11.4. The Hall–Kier alpha value is -4.59. The first-order valence-electron chi connectivity index (χ1n) is 11.5. The molecule has 0 unspecified atom stereocenters. The molecular formula is C28H27N3O5. The van der Waals surface area contributed by atoms with Crippen molar-refractivity contribution >= 4 is 17.6 Å². The van der Waals surface area contributed by atoms with Gasteiger partial charge in [-0.1, -0.05) is 42.5 Å². The topological polar surface area (TPSA) is 91.7 Å². The Balaban J connectivity index is 1.65. The van der Waals surface area contributed by atoms with Crippen LogP contribution in [-0.4, -0.2) is 41.5 Å². The molecule has 1 heterocycles. The molecule has 0 spiro atoms. The van der Waals surface area contributed by atoms with Gasteiger partial charge in [-0.2, -0.15) is 5.10 Å². The number of methoxy groups -OCH3 is 1. The molecule has 0 bridgehead atoms. The Morgan fingerprint density at radius 1 is 0.972 bits per heavy atom. The molecule has 0 fully saturated rings. The highest BCUT2D eigenvalue weighted by molar-refractivity contribution is 5.95. The highest BCUT2D eigenvalue weighted by atomic mass is 16.5. The first-order valence-corrected chi connectivity index (χ1v) is 11.5. The summed E-state index contributed by atoms with van der Waals surface area (Å²) in [4.78, 5) is 25.2. The van der Waals surface area contributed by atoms with Crippen LogP contribution in [-0.2, 0) is 9.53 Å². The molecule has 0 saturated carbocycles. The number of amides is 1. The Morgan fingerprint density at radius 2 is 1.72 bits per heavy atom. The number of carbonyl (C=O) groups is 2. The maximum atomic E-state index is 12.8. The number of anilines is 1. The van der Waals surface area contributed by atoms with Crippen molar-refractivity contribution in [1.82, 2.24) is 9.78 Å². The second-order valence-corrected chi connectivity index (χ2v) is 7.86. The van der Waals surface area contributed by atoms with Crippen LogP contribution in [0.15, 0.2) is 84.9 Å². The summed E-state index contributed by atoms with van der Waals surface area (Å²) in [7, 11) is 1.57. The van der Waals surface area contributed by atoms with E-state index >= 15 is 0 Å². The highest BCUT2D eigenvalue weighted by Gasteiger charge is 2.20. The molecule has 1 atom stereocenters. The van der Waals surface area contributed by atoms with Crippen LogP contribution >= 0.6 is 0 Å². The number of nitrogens with zero attached hydrogens (tertiary/aromatic N) is 2. The molecule has 0 aliphatic carbocycles. The van der Waals surface area contributed by atoms with Crippen LogP contribution in [0.1, 0.15) is 24.3 Å². The molecule has 184 valence electrons. The zero-order valence-electron chi connectivity index (χ0n) is 20.3. The minimum atomic E-state index is -0.703. The maximum Gasteiger partial charge on any atom is 0.358 e. The smallest absolute Gasteiger partial charge is 0.358 e. The van der Waals surface area contributed by atoms with E-state index in [0.717, 1.165) is 5.56 Å². The number of ether oxygens (including phenoxy) is 3. The summed E-state index contributed by atoms with van der Waals surface area (Å²) in [6.45, 7) is 3.67. The van der Waals surface area contributed by atoms with Crippen LogP contribution in [0.25, 0.3) is 16.9 Å². The molecule has 1 aromatic heterocycles. The summed E-state index contributed by atoms with van der Waals surface area (Å²) in [5.41, 5.74) is 2.76. The molecule has 8 nitrogen and oxygen atoms in total. The number of benzene rings is 3. The number of para-hydroxylation sites is 3. The van der Waals surface area contributed by atoms with Crippen molar-refractivity contribution in [3.8, 4) is 28.4 Å². The minimum Gasteiger partial charge on any atom is -0.494 e. The number of rotatable bonds is 9. The Labute approximate surface area is 209 Å². The molecule has 4 aromatic rings. The second-order valence-electron chi connectivity index (χ2n) is 7.86. The van der Waals surface area contributed by atoms with Gasteiger partial charge in [-0.3, -0.25) is 4.79 Å². The van der Waals surface area contributed by atoms with E-state index in [4.69, 9.17) is 14.2 Å². The summed E-state index contributed by atoms with van der Waals surface area (Å²) in [6.07, 6.45) is -0.703.